The fourth-order valence-electron chi connectivity index (χ4n) is 2.40. The van der Waals surface area contributed by atoms with Gasteiger partial charge in [0, 0.05) is 18.2 Å². The van der Waals surface area contributed by atoms with Crippen LogP contribution in [0.4, 0.5) is 0 Å². The van der Waals surface area contributed by atoms with E-state index in [9.17, 15) is 0 Å². The second kappa shape index (κ2) is 6.43. The van der Waals surface area contributed by atoms with Gasteiger partial charge in [0.2, 0.25) is 0 Å². The number of ether oxygens (including phenoxy) is 1. The van der Waals surface area contributed by atoms with Crippen LogP contribution in [-0.2, 0) is 11.3 Å². The Hall–Kier alpha value is -1.30. The maximum Gasteiger partial charge on any atom is 0.147 e. The van der Waals surface area contributed by atoms with E-state index in [0.29, 0.717) is 12.1 Å². The van der Waals surface area contributed by atoms with E-state index in [0.717, 1.165) is 35.2 Å². The first-order chi connectivity index (χ1) is 9.83. The van der Waals surface area contributed by atoms with Gasteiger partial charge in [-0.1, -0.05) is 41.7 Å². The zero-order chi connectivity index (χ0) is 13.8. The lowest BCUT2D eigenvalue weighted by atomic mass is 10.1. The van der Waals surface area contributed by atoms with Gasteiger partial charge in [0.15, 0.2) is 0 Å². The van der Waals surface area contributed by atoms with Crippen LogP contribution in [0.5, 0.6) is 0 Å². The summed E-state index contributed by atoms with van der Waals surface area (Å²) in [7, 11) is 0. The standard InChI is InChI=1S/C15H19N3OS/c1-11(13-8-5-9-19-13)16-10-14-17-18-15(20-14)12-6-3-2-4-7-12/h2-4,6-7,11,13,16H,5,8-10H2,1H3/t11-,13-/m1/s1. The van der Waals surface area contributed by atoms with Crippen molar-refractivity contribution in [1.29, 1.82) is 0 Å². The molecule has 0 aliphatic carbocycles. The predicted octanol–water partition coefficient (Wildman–Crippen LogP) is 2.86. The van der Waals surface area contributed by atoms with Gasteiger partial charge in [-0.05, 0) is 19.8 Å². The van der Waals surface area contributed by atoms with E-state index in [1.807, 2.05) is 18.2 Å². The van der Waals surface area contributed by atoms with Crippen molar-refractivity contribution in [1.82, 2.24) is 15.5 Å². The summed E-state index contributed by atoms with van der Waals surface area (Å²) in [6.07, 6.45) is 2.67. The highest BCUT2D eigenvalue weighted by Gasteiger charge is 2.22. The van der Waals surface area contributed by atoms with E-state index < -0.39 is 0 Å². The Morgan fingerprint density at radius 1 is 1.35 bits per heavy atom. The minimum absolute atomic E-state index is 0.344. The number of nitrogens with zero attached hydrogens (tertiary/aromatic N) is 2. The number of hydrogen-bond acceptors (Lipinski definition) is 5. The smallest absolute Gasteiger partial charge is 0.147 e. The van der Waals surface area contributed by atoms with E-state index in [1.54, 1.807) is 11.3 Å². The van der Waals surface area contributed by atoms with Crippen molar-refractivity contribution in [3.8, 4) is 10.6 Å². The maximum absolute atomic E-state index is 5.68. The third-order valence-corrected chi connectivity index (χ3v) is 4.56. The third kappa shape index (κ3) is 3.23. The Morgan fingerprint density at radius 2 is 2.20 bits per heavy atom. The van der Waals surface area contributed by atoms with E-state index in [1.165, 1.54) is 6.42 Å². The molecule has 0 bridgehead atoms. The summed E-state index contributed by atoms with van der Waals surface area (Å²) >= 11 is 1.64. The molecule has 1 saturated heterocycles. The van der Waals surface area contributed by atoms with E-state index in [-0.39, 0.29) is 0 Å². The summed E-state index contributed by atoms with van der Waals surface area (Å²) in [5, 5.41) is 14.0. The molecule has 0 spiro atoms. The second-order valence-electron chi connectivity index (χ2n) is 5.09. The van der Waals surface area contributed by atoms with Crippen molar-refractivity contribution in [3.05, 3.63) is 35.3 Å². The van der Waals surface area contributed by atoms with Crippen LogP contribution in [0.3, 0.4) is 0 Å². The van der Waals surface area contributed by atoms with Crippen molar-refractivity contribution < 1.29 is 4.74 Å². The number of hydrogen-bond donors (Lipinski definition) is 1. The SMILES string of the molecule is C[C@@H](NCc1nnc(-c2ccccc2)s1)[C@H]1CCCO1. The molecule has 1 N–H and O–H groups in total. The summed E-state index contributed by atoms with van der Waals surface area (Å²) in [6, 6.07) is 10.5. The van der Waals surface area contributed by atoms with Crippen molar-refractivity contribution >= 4 is 11.3 Å². The summed E-state index contributed by atoms with van der Waals surface area (Å²) in [5.41, 5.74) is 1.13. The number of nitrogens with one attached hydrogen (secondary N) is 1. The van der Waals surface area contributed by atoms with Crippen molar-refractivity contribution in [2.45, 2.75) is 38.5 Å². The number of rotatable bonds is 5. The summed E-state index contributed by atoms with van der Waals surface area (Å²) in [4.78, 5) is 0. The van der Waals surface area contributed by atoms with Crippen LogP contribution in [0.2, 0.25) is 0 Å². The molecule has 5 heteroatoms. The Bertz CT molecular complexity index is 537. The van der Waals surface area contributed by atoms with Gasteiger partial charge >= 0.3 is 0 Å². The molecule has 1 aromatic carbocycles. The molecule has 1 aromatic heterocycles. The fourth-order valence-corrected chi connectivity index (χ4v) is 3.19. The average Bonchev–Trinajstić information content (AvgIpc) is 3.17. The van der Waals surface area contributed by atoms with E-state index >= 15 is 0 Å². The zero-order valence-corrected chi connectivity index (χ0v) is 12.4. The summed E-state index contributed by atoms with van der Waals surface area (Å²) in [5.74, 6) is 0. The zero-order valence-electron chi connectivity index (χ0n) is 11.6. The highest BCUT2D eigenvalue weighted by atomic mass is 32.1. The quantitative estimate of drug-likeness (QED) is 0.919. The van der Waals surface area contributed by atoms with Gasteiger partial charge in [-0.2, -0.15) is 0 Å². The lowest BCUT2D eigenvalue weighted by Crippen LogP contribution is -2.36. The fraction of sp³-hybridized carbons (Fsp3) is 0.467. The van der Waals surface area contributed by atoms with Crippen molar-refractivity contribution in [2.24, 2.45) is 0 Å². The first-order valence-corrected chi connectivity index (χ1v) is 7.87. The Labute approximate surface area is 123 Å². The first kappa shape index (κ1) is 13.7. The highest BCUT2D eigenvalue weighted by molar-refractivity contribution is 7.14. The van der Waals surface area contributed by atoms with Crippen LogP contribution in [0, 0.1) is 0 Å². The monoisotopic (exact) mass is 289 g/mol. The second-order valence-corrected chi connectivity index (χ2v) is 6.15. The van der Waals surface area contributed by atoms with Gasteiger partial charge in [-0.3, -0.25) is 0 Å². The Balaban J connectivity index is 1.57. The first-order valence-electron chi connectivity index (χ1n) is 7.06. The predicted molar refractivity (Wildman–Crippen MR) is 80.6 cm³/mol. The van der Waals surface area contributed by atoms with Gasteiger partial charge in [0.1, 0.15) is 10.0 Å². The molecular weight excluding hydrogens is 270 g/mol. The van der Waals surface area contributed by atoms with Gasteiger partial charge in [0.05, 0.1) is 12.6 Å². The normalized spacial score (nSPS) is 20.1. The number of benzene rings is 1. The Morgan fingerprint density at radius 3 is 2.95 bits per heavy atom. The molecule has 20 heavy (non-hydrogen) atoms. The molecule has 2 heterocycles. The van der Waals surface area contributed by atoms with E-state index in [4.69, 9.17) is 4.74 Å². The highest BCUT2D eigenvalue weighted by Crippen LogP contribution is 2.23. The minimum atomic E-state index is 0.344. The van der Waals surface area contributed by atoms with Crippen molar-refractivity contribution in [2.75, 3.05) is 6.61 Å². The molecule has 2 atom stereocenters. The molecule has 1 aliphatic heterocycles. The number of aromatic nitrogens is 2. The maximum atomic E-state index is 5.68. The van der Waals surface area contributed by atoms with Crippen LogP contribution in [0.1, 0.15) is 24.8 Å². The molecule has 0 unspecified atom stereocenters. The molecule has 2 aromatic rings. The van der Waals surface area contributed by atoms with Crippen LogP contribution < -0.4 is 5.32 Å². The van der Waals surface area contributed by atoms with Crippen LogP contribution in [-0.4, -0.2) is 29.0 Å². The van der Waals surface area contributed by atoms with Gasteiger partial charge in [-0.25, -0.2) is 0 Å². The van der Waals surface area contributed by atoms with E-state index in [2.05, 4.69) is 34.6 Å². The largest absolute Gasteiger partial charge is 0.377 e. The topological polar surface area (TPSA) is 47.0 Å². The van der Waals surface area contributed by atoms with Crippen LogP contribution in [0.25, 0.3) is 10.6 Å². The molecular formula is C15H19N3OS. The average molecular weight is 289 g/mol. The molecule has 0 amide bonds. The molecule has 4 nitrogen and oxygen atoms in total. The van der Waals surface area contributed by atoms with Crippen molar-refractivity contribution in [3.63, 3.8) is 0 Å². The van der Waals surface area contributed by atoms with Gasteiger partial charge < -0.3 is 10.1 Å². The lowest BCUT2D eigenvalue weighted by molar-refractivity contribution is 0.0832. The lowest BCUT2D eigenvalue weighted by Gasteiger charge is -2.19. The van der Waals surface area contributed by atoms with Gasteiger partial charge in [-0.15, -0.1) is 10.2 Å². The molecule has 106 valence electrons. The van der Waals surface area contributed by atoms with Crippen LogP contribution in [0.15, 0.2) is 30.3 Å². The third-order valence-electron chi connectivity index (χ3n) is 3.59. The Kier molecular flexibility index (Phi) is 4.40. The molecule has 1 fully saturated rings. The summed E-state index contributed by atoms with van der Waals surface area (Å²) in [6.45, 7) is 3.83. The van der Waals surface area contributed by atoms with Crippen LogP contribution >= 0.6 is 11.3 Å². The summed E-state index contributed by atoms with van der Waals surface area (Å²) < 4.78 is 5.68. The molecule has 1 aliphatic rings. The minimum Gasteiger partial charge on any atom is -0.377 e. The molecule has 0 saturated carbocycles. The molecule has 3 rings (SSSR count). The van der Waals surface area contributed by atoms with Gasteiger partial charge in [0.25, 0.3) is 0 Å². The molecule has 0 radical (unpaired) electrons.